The Labute approximate surface area is 145 Å². The molecule has 0 saturated carbocycles. The Hall–Kier alpha value is -2.59. The number of para-hydroxylation sites is 1. The number of pyridine rings is 1. The third-order valence-electron chi connectivity index (χ3n) is 3.82. The molecular weight excluding hydrogens is 324 g/mol. The number of hydrogen-bond donors (Lipinski definition) is 1. The molecule has 0 spiro atoms. The third-order valence-corrected chi connectivity index (χ3v) is 4.23. The van der Waals surface area contributed by atoms with Crippen molar-refractivity contribution in [3.63, 3.8) is 0 Å². The highest BCUT2D eigenvalue weighted by molar-refractivity contribution is 6.31. The van der Waals surface area contributed by atoms with Gasteiger partial charge >= 0.3 is 0 Å². The summed E-state index contributed by atoms with van der Waals surface area (Å²) in [6.45, 7) is 1.88. The van der Waals surface area contributed by atoms with E-state index < -0.39 is 0 Å². The number of methoxy groups -OCH3 is 1. The van der Waals surface area contributed by atoms with Gasteiger partial charge in [0.05, 0.1) is 24.7 Å². The summed E-state index contributed by atoms with van der Waals surface area (Å²) in [6.07, 6.45) is 1.97. The summed E-state index contributed by atoms with van der Waals surface area (Å²) in [6, 6.07) is 13.2. The summed E-state index contributed by atoms with van der Waals surface area (Å²) < 4.78 is 5.29. The van der Waals surface area contributed by atoms with Crippen LogP contribution in [0, 0.1) is 6.92 Å². The van der Waals surface area contributed by atoms with Crippen molar-refractivity contribution >= 4 is 34.1 Å². The maximum absolute atomic E-state index is 12.5. The maximum atomic E-state index is 12.5. The van der Waals surface area contributed by atoms with Crippen LogP contribution in [-0.4, -0.2) is 18.0 Å². The lowest BCUT2D eigenvalue weighted by Crippen LogP contribution is -2.15. The van der Waals surface area contributed by atoms with Crippen LogP contribution in [0.4, 0.5) is 5.69 Å². The molecule has 0 radical (unpaired) electrons. The van der Waals surface area contributed by atoms with Crippen molar-refractivity contribution in [1.82, 2.24) is 4.98 Å². The van der Waals surface area contributed by atoms with Gasteiger partial charge in [0.2, 0.25) is 5.91 Å². The molecule has 0 aliphatic heterocycles. The Balaban J connectivity index is 1.84. The van der Waals surface area contributed by atoms with Gasteiger partial charge < -0.3 is 10.1 Å². The molecule has 0 bridgehead atoms. The van der Waals surface area contributed by atoms with Crippen molar-refractivity contribution < 1.29 is 9.53 Å². The lowest BCUT2D eigenvalue weighted by atomic mass is 10.1. The SMILES string of the molecule is COc1cc(Cl)c(C)cc1NC(=O)Cc1cccc2cccnc12. The second-order valence-electron chi connectivity index (χ2n) is 5.52. The van der Waals surface area contributed by atoms with Gasteiger partial charge in [0.1, 0.15) is 5.75 Å². The molecule has 2 aromatic carbocycles. The van der Waals surface area contributed by atoms with E-state index >= 15 is 0 Å². The molecule has 122 valence electrons. The van der Waals surface area contributed by atoms with Gasteiger partial charge in [-0.1, -0.05) is 35.9 Å². The van der Waals surface area contributed by atoms with Crippen molar-refractivity contribution in [2.45, 2.75) is 13.3 Å². The van der Waals surface area contributed by atoms with E-state index in [-0.39, 0.29) is 12.3 Å². The number of hydrogen-bond acceptors (Lipinski definition) is 3. The number of rotatable bonds is 4. The zero-order valence-corrected chi connectivity index (χ0v) is 14.2. The van der Waals surface area contributed by atoms with E-state index in [0.29, 0.717) is 16.5 Å². The van der Waals surface area contributed by atoms with Gasteiger partial charge in [-0.25, -0.2) is 0 Å². The lowest BCUT2D eigenvalue weighted by molar-refractivity contribution is -0.115. The molecule has 0 unspecified atom stereocenters. The minimum Gasteiger partial charge on any atom is -0.495 e. The standard InChI is InChI=1S/C19H17ClN2O2/c1-12-9-16(17(24-2)11-15(12)20)22-18(23)10-14-6-3-5-13-7-4-8-21-19(13)14/h3-9,11H,10H2,1-2H3,(H,22,23). The number of amides is 1. The fraction of sp³-hybridized carbons (Fsp3) is 0.158. The Kier molecular flexibility index (Phi) is 4.67. The fourth-order valence-electron chi connectivity index (χ4n) is 2.61. The molecule has 24 heavy (non-hydrogen) atoms. The maximum Gasteiger partial charge on any atom is 0.228 e. The number of carbonyl (C=O) groups is 1. The quantitative estimate of drug-likeness (QED) is 0.766. The van der Waals surface area contributed by atoms with Crippen LogP contribution in [0.3, 0.4) is 0 Å². The molecule has 0 aliphatic carbocycles. The lowest BCUT2D eigenvalue weighted by Gasteiger charge is -2.12. The van der Waals surface area contributed by atoms with Gasteiger partial charge in [-0.3, -0.25) is 9.78 Å². The Bertz CT molecular complexity index is 904. The molecule has 1 N–H and O–H groups in total. The molecule has 0 saturated heterocycles. The van der Waals surface area contributed by atoms with E-state index in [2.05, 4.69) is 10.3 Å². The molecule has 1 heterocycles. The molecule has 0 aliphatic rings. The average Bonchev–Trinajstić information content (AvgIpc) is 2.58. The van der Waals surface area contributed by atoms with Crippen LogP contribution in [0.1, 0.15) is 11.1 Å². The molecule has 3 rings (SSSR count). The zero-order valence-electron chi connectivity index (χ0n) is 13.5. The molecule has 1 amide bonds. The summed E-state index contributed by atoms with van der Waals surface area (Å²) in [5.41, 5.74) is 3.21. The number of nitrogens with zero attached hydrogens (tertiary/aromatic N) is 1. The molecule has 4 nitrogen and oxygen atoms in total. The van der Waals surface area contributed by atoms with Crippen molar-refractivity contribution in [3.05, 3.63) is 64.8 Å². The molecule has 0 fully saturated rings. The van der Waals surface area contributed by atoms with Crippen LogP contribution in [0.5, 0.6) is 5.75 Å². The molecule has 1 aromatic heterocycles. The highest BCUT2D eigenvalue weighted by Gasteiger charge is 2.12. The van der Waals surface area contributed by atoms with Gasteiger partial charge in [-0.15, -0.1) is 0 Å². The molecule has 5 heteroatoms. The zero-order chi connectivity index (χ0) is 17.1. The number of nitrogens with one attached hydrogen (secondary N) is 1. The van der Waals surface area contributed by atoms with Crippen LogP contribution < -0.4 is 10.1 Å². The summed E-state index contributed by atoms with van der Waals surface area (Å²) >= 11 is 6.10. The van der Waals surface area contributed by atoms with E-state index in [1.165, 1.54) is 0 Å². The van der Waals surface area contributed by atoms with Gasteiger partial charge in [0.15, 0.2) is 0 Å². The Morgan fingerprint density at radius 1 is 1.25 bits per heavy atom. The summed E-state index contributed by atoms with van der Waals surface area (Å²) in [7, 11) is 1.55. The van der Waals surface area contributed by atoms with E-state index in [9.17, 15) is 4.79 Å². The first-order valence-electron chi connectivity index (χ1n) is 7.55. The summed E-state index contributed by atoms with van der Waals surface area (Å²) in [5.74, 6) is 0.406. The number of aromatic nitrogens is 1. The normalized spacial score (nSPS) is 10.6. The van der Waals surface area contributed by atoms with E-state index in [1.807, 2.05) is 37.3 Å². The van der Waals surface area contributed by atoms with Gasteiger partial charge in [0, 0.05) is 22.7 Å². The number of fused-ring (bicyclic) bond motifs is 1. The smallest absolute Gasteiger partial charge is 0.228 e. The number of benzene rings is 2. The first-order valence-corrected chi connectivity index (χ1v) is 7.93. The highest BCUT2D eigenvalue weighted by Crippen LogP contribution is 2.31. The van der Waals surface area contributed by atoms with Crippen molar-refractivity contribution in [3.8, 4) is 5.75 Å². The van der Waals surface area contributed by atoms with Crippen LogP contribution in [0.25, 0.3) is 10.9 Å². The molecular formula is C19H17ClN2O2. The fourth-order valence-corrected chi connectivity index (χ4v) is 2.76. The first-order chi connectivity index (χ1) is 11.6. The molecule has 0 atom stereocenters. The Morgan fingerprint density at radius 2 is 2.04 bits per heavy atom. The van der Waals surface area contributed by atoms with Crippen LogP contribution in [0.15, 0.2) is 48.7 Å². The van der Waals surface area contributed by atoms with E-state index in [0.717, 1.165) is 22.0 Å². The largest absolute Gasteiger partial charge is 0.495 e. The van der Waals surface area contributed by atoms with E-state index in [4.69, 9.17) is 16.3 Å². The topological polar surface area (TPSA) is 51.2 Å². The molecule has 3 aromatic rings. The number of halogens is 1. The number of ether oxygens (including phenoxy) is 1. The summed E-state index contributed by atoms with van der Waals surface area (Å²) in [5, 5.41) is 4.51. The average molecular weight is 341 g/mol. The second kappa shape index (κ2) is 6.89. The monoisotopic (exact) mass is 340 g/mol. The predicted molar refractivity (Wildman–Crippen MR) is 96.8 cm³/mol. The Morgan fingerprint density at radius 3 is 2.83 bits per heavy atom. The number of carbonyl (C=O) groups excluding carboxylic acids is 1. The predicted octanol–water partition coefficient (Wildman–Crippen LogP) is 4.39. The van der Waals surface area contributed by atoms with Gasteiger partial charge in [-0.2, -0.15) is 0 Å². The van der Waals surface area contributed by atoms with Crippen molar-refractivity contribution in [2.75, 3.05) is 12.4 Å². The number of anilines is 1. The third kappa shape index (κ3) is 3.34. The van der Waals surface area contributed by atoms with Crippen molar-refractivity contribution in [1.29, 1.82) is 0 Å². The minimum atomic E-state index is -0.131. The number of aryl methyl sites for hydroxylation is 1. The van der Waals surface area contributed by atoms with Crippen LogP contribution in [-0.2, 0) is 11.2 Å². The van der Waals surface area contributed by atoms with Crippen LogP contribution >= 0.6 is 11.6 Å². The van der Waals surface area contributed by atoms with Gasteiger partial charge in [0.25, 0.3) is 0 Å². The van der Waals surface area contributed by atoms with E-state index in [1.54, 1.807) is 25.4 Å². The summed E-state index contributed by atoms with van der Waals surface area (Å²) in [4.78, 5) is 16.8. The van der Waals surface area contributed by atoms with Gasteiger partial charge in [-0.05, 0) is 30.2 Å². The van der Waals surface area contributed by atoms with Crippen LogP contribution in [0.2, 0.25) is 5.02 Å². The first kappa shape index (κ1) is 16.3. The minimum absolute atomic E-state index is 0.131. The second-order valence-corrected chi connectivity index (χ2v) is 5.93. The highest BCUT2D eigenvalue weighted by atomic mass is 35.5. The van der Waals surface area contributed by atoms with Crippen molar-refractivity contribution in [2.24, 2.45) is 0 Å².